The van der Waals surface area contributed by atoms with Gasteiger partial charge in [0, 0.05) is 26.7 Å². The van der Waals surface area contributed by atoms with Gasteiger partial charge in [0.15, 0.2) is 0 Å². The fourth-order valence-electron chi connectivity index (χ4n) is 1.92. The summed E-state index contributed by atoms with van der Waals surface area (Å²) in [6.45, 7) is 8.02. The Labute approximate surface area is 110 Å². The van der Waals surface area contributed by atoms with E-state index in [0.29, 0.717) is 26.4 Å². The molecule has 1 saturated heterocycles. The van der Waals surface area contributed by atoms with Crippen LogP contribution >= 0.6 is 0 Å². The van der Waals surface area contributed by atoms with Gasteiger partial charge in [0.1, 0.15) is 0 Å². The van der Waals surface area contributed by atoms with E-state index in [1.165, 1.54) is 0 Å². The van der Waals surface area contributed by atoms with E-state index in [4.69, 9.17) is 14.2 Å². The Morgan fingerprint density at radius 3 is 2.17 bits per heavy atom. The molecule has 1 aliphatic heterocycles. The Balaban J connectivity index is 1.87. The molecule has 18 heavy (non-hydrogen) atoms. The van der Waals surface area contributed by atoms with Gasteiger partial charge >= 0.3 is 0 Å². The van der Waals surface area contributed by atoms with Crippen LogP contribution in [0.1, 0.15) is 19.8 Å². The van der Waals surface area contributed by atoms with Crippen molar-refractivity contribution in [3.8, 4) is 0 Å². The maximum absolute atomic E-state index is 9.82. The first-order valence-electron chi connectivity index (χ1n) is 6.73. The maximum atomic E-state index is 9.82. The Morgan fingerprint density at radius 2 is 1.56 bits per heavy atom. The summed E-state index contributed by atoms with van der Waals surface area (Å²) in [7, 11) is 1.66. The molecule has 1 N–H and O–H groups in total. The lowest BCUT2D eigenvalue weighted by molar-refractivity contribution is -0.0173. The van der Waals surface area contributed by atoms with Crippen molar-refractivity contribution in [2.45, 2.75) is 25.4 Å². The summed E-state index contributed by atoms with van der Waals surface area (Å²) >= 11 is 0. The summed E-state index contributed by atoms with van der Waals surface area (Å²) in [4.78, 5) is 2.34. The summed E-state index contributed by atoms with van der Waals surface area (Å²) < 4.78 is 15.7. The molecule has 0 atom stereocenters. The van der Waals surface area contributed by atoms with Crippen molar-refractivity contribution in [3.63, 3.8) is 0 Å². The highest BCUT2D eigenvalue weighted by Gasteiger charge is 2.26. The number of hydrogen-bond acceptors (Lipinski definition) is 5. The van der Waals surface area contributed by atoms with Crippen LogP contribution in [0.4, 0.5) is 0 Å². The molecule has 108 valence electrons. The minimum atomic E-state index is -0.466. The van der Waals surface area contributed by atoms with Gasteiger partial charge in [-0.05, 0) is 19.8 Å². The topological polar surface area (TPSA) is 51.2 Å². The largest absolute Gasteiger partial charge is 0.390 e. The van der Waals surface area contributed by atoms with Gasteiger partial charge in [-0.15, -0.1) is 0 Å². The molecule has 1 aliphatic rings. The summed E-state index contributed by atoms with van der Waals surface area (Å²) in [5, 5.41) is 9.82. The molecule has 1 heterocycles. The number of ether oxygens (including phenoxy) is 3. The van der Waals surface area contributed by atoms with Crippen molar-refractivity contribution in [1.29, 1.82) is 0 Å². The normalized spacial score (nSPS) is 20.2. The van der Waals surface area contributed by atoms with Gasteiger partial charge in [-0.1, -0.05) is 0 Å². The van der Waals surface area contributed by atoms with Crippen molar-refractivity contribution in [3.05, 3.63) is 0 Å². The summed E-state index contributed by atoms with van der Waals surface area (Å²) in [6.07, 6.45) is 1.71. The van der Waals surface area contributed by atoms with Gasteiger partial charge in [0.2, 0.25) is 0 Å². The Bertz CT molecular complexity index is 201. The van der Waals surface area contributed by atoms with Crippen LogP contribution in [0.25, 0.3) is 0 Å². The Kier molecular flexibility index (Phi) is 7.77. The van der Waals surface area contributed by atoms with Crippen LogP contribution in [0.2, 0.25) is 0 Å². The predicted octanol–water partition coefficient (Wildman–Crippen LogP) is 0.513. The van der Waals surface area contributed by atoms with E-state index in [2.05, 4.69) is 4.90 Å². The molecule has 0 spiro atoms. The standard InChI is InChI=1S/C13H27NO4/c1-13(15)3-5-14(6-4-13)7-8-17-11-12-18-10-9-16-2/h15H,3-12H2,1-2H3. The van der Waals surface area contributed by atoms with E-state index in [1.54, 1.807) is 7.11 Å². The molecule has 0 aromatic carbocycles. The van der Waals surface area contributed by atoms with Crippen LogP contribution in [-0.4, -0.2) is 75.4 Å². The first-order valence-corrected chi connectivity index (χ1v) is 6.73. The second kappa shape index (κ2) is 8.82. The average molecular weight is 261 g/mol. The van der Waals surface area contributed by atoms with Crippen molar-refractivity contribution in [1.82, 2.24) is 4.90 Å². The molecule has 0 bridgehead atoms. The van der Waals surface area contributed by atoms with Crippen LogP contribution in [0, 0.1) is 0 Å². The minimum Gasteiger partial charge on any atom is -0.390 e. The first kappa shape index (κ1) is 15.9. The molecule has 0 saturated carbocycles. The highest BCUT2D eigenvalue weighted by Crippen LogP contribution is 2.20. The number of piperidine rings is 1. The number of aliphatic hydroxyl groups is 1. The molecule has 0 aromatic rings. The second-order valence-electron chi connectivity index (χ2n) is 5.06. The van der Waals surface area contributed by atoms with Crippen LogP contribution < -0.4 is 0 Å². The van der Waals surface area contributed by atoms with Gasteiger partial charge in [0.05, 0.1) is 38.6 Å². The van der Waals surface area contributed by atoms with Gasteiger partial charge in [-0.25, -0.2) is 0 Å². The van der Waals surface area contributed by atoms with Gasteiger partial charge in [0.25, 0.3) is 0 Å². The van der Waals surface area contributed by atoms with Gasteiger partial charge < -0.3 is 24.2 Å². The zero-order valence-corrected chi connectivity index (χ0v) is 11.7. The molecule has 0 radical (unpaired) electrons. The molecular formula is C13H27NO4. The van der Waals surface area contributed by atoms with Crippen LogP contribution in [0.3, 0.4) is 0 Å². The zero-order chi connectivity index (χ0) is 13.3. The van der Waals surface area contributed by atoms with Crippen molar-refractivity contribution >= 4 is 0 Å². The summed E-state index contributed by atoms with van der Waals surface area (Å²) in [6, 6.07) is 0. The quantitative estimate of drug-likeness (QED) is 0.613. The second-order valence-corrected chi connectivity index (χ2v) is 5.06. The summed E-state index contributed by atoms with van der Waals surface area (Å²) in [5.74, 6) is 0. The van der Waals surface area contributed by atoms with E-state index < -0.39 is 5.60 Å². The molecule has 0 aromatic heterocycles. The van der Waals surface area contributed by atoms with E-state index >= 15 is 0 Å². The highest BCUT2D eigenvalue weighted by molar-refractivity contribution is 4.81. The predicted molar refractivity (Wildman–Crippen MR) is 69.8 cm³/mol. The molecule has 0 unspecified atom stereocenters. The third-order valence-electron chi connectivity index (χ3n) is 3.29. The molecule has 0 amide bonds. The lowest BCUT2D eigenvalue weighted by atomic mass is 9.94. The lowest BCUT2D eigenvalue weighted by Crippen LogP contribution is -2.43. The molecule has 1 fully saturated rings. The van der Waals surface area contributed by atoms with E-state index in [0.717, 1.165) is 39.1 Å². The zero-order valence-electron chi connectivity index (χ0n) is 11.7. The highest BCUT2D eigenvalue weighted by atomic mass is 16.5. The molecule has 0 aliphatic carbocycles. The van der Waals surface area contributed by atoms with Crippen molar-refractivity contribution in [2.24, 2.45) is 0 Å². The number of methoxy groups -OCH3 is 1. The molecule has 1 rings (SSSR count). The SMILES string of the molecule is COCCOCCOCCN1CCC(C)(O)CC1. The Hall–Kier alpha value is -0.200. The number of rotatable bonds is 9. The van der Waals surface area contributed by atoms with Crippen LogP contribution in [0.15, 0.2) is 0 Å². The first-order chi connectivity index (χ1) is 8.64. The molecule has 5 nitrogen and oxygen atoms in total. The van der Waals surface area contributed by atoms with Crippen LogP contribution in [-0.2, 0) is 14.2 Å². The summed E-state index contributed by atoms with van der Waals surface area (Å²) in [5.41, 5.74) is -0.466. The van der Waals surface area contributed by atoms with E-state index in [9.17, 15) is 5.11 Å². The van der Waals surface area contributed by atoms with Crippen molar-refractivity contribution < 1.29 is 19.3 Å². The third-order valence-corrected chi connectivity index (χ3v) is 3.29. The average Bonchev–Trinajstić information content (AvgIpc) is 2.34. The Morgan fingerprint density at radius 1 is 1.00 bits per heavy atom. The number of hydrogen-bond donors (Lipinski definition) is 1. The smallest absolute Gasteiger partial charge is 0.0701 e. The lowest BCUT2D eigenvalue weighted by Gasteiger charge is -2.35. The van der Waals surface area contributed by atoms with E-state index in [1.807, 2.05) is 6.92 Å². The van der Waals surface area contributed by atoms with Gasteiger partial charge in [-0.3, -0.25) is 0 Å². The minimum absolute atomic E-state index is 0.466. The third kappa shape index (κ3) is 7.28. The fourth-order valence-corrected chi connectivity index (χ4v) is 1.92. The van der Waals surface area contributed by atoms with Gasteiger partial charge in [-0.2, -0.15) is 0 Å². The van der Waals surface area contributed by atoms with E-state index in [-0.39, 0.29) is 0 Å². The maximum Gasteiger partial charge on any atom is 0.0701 e. The number of nitrogens with zero attached hydrogens (tertiary/aromatic N) is 1. The van der Waals surface area contributed by atoms with Crippen LogP contribution in [0.5, 0.6) is 0 Å². The van der Waals surface area contributed by atoms with Crippen molar-refractivity contribution in [2.75, 3.05) is 59.8 Å². The molecular weight excluding hydrogens is 234 g/mol. The molecule has 5 heteroatoms. The number of likely N-dealkylation sites (tertiary alicyclic amines) is 1. The monoisotopic (exact) mass is 261 g/mol. The fraction of sp³-hybridized carbons (Fsp3) is 1.00.